The molecule has 0 aliphatic heterocycles. The molecule has 0 spiro atoms. The lowest BCUT2D eigenvalue weighted by Crippen LogP contribution is -2.40. The van der Waals surface area contributed by atoms with Crippen LogP contribution in [0.5, 0.6) is 0 Å². The topological polar surface area (TPSA) is 106 Å². The van der Waals surface area contributed by atoms with E-state index in [1.54, 1.807) is 0 Å². The molecule has 6 nitrogen and oxygen atoms in total. The second-order valence-electron chi connectivity index (χ2n) is 6.33. The Morgan fingerprint density at radius 2 is 0.815 bits per heavy atom. The van der Waals surface area contributed by atoms with Crippen molar-refractivity contribution in [3.8, 4) is 0 Å². The molecule has 0 amide bonds. The first-order valence-electron chi connectivity index (χ1n) is 7.81. The van der Waals surface area contributed by atoms with E-state index >= 15 is 0 Å². The van der Waals surface area contributed by atoms with Crippen LogP contribution in [0.4, 0.5) is 0 Å². The van der Waals surface area contributed by atoms with E-state index in [0.717, 1.165) is 6.42 Å². The maximum atomic E-state index is 5.72. The SMILES string of the molecule is C.C.C.C.C.C.CCC(COCC(C)N)(COCC(C)N)COCC(C)N. The summed E-state index contributed by atoms with van der Waals surface area (Å²) in [4.78, 5) is 0. The van der Waals surface area contributed by atoms with Crippen LogP contribution in [0.25, 0.3) is 0 Å². The molecular formula is C21H59N3O3. The summed E-state index contributed by atoms with van der Waals surface area (Å²) in [6.45, 7) is 11.1. The summed E-state index contributed by atoms with van der Waals surface area (Å²) in [6.07, 6.45) is 0.893. The third-order valence-corrected chi connectivity index (χ3v) is 3.12. The molecule has 0 aliphatic carbocycles. The zero-order valence-corrected chi connectivity index (χ0v) is 14.1. The Balaban J connectivity index is -0.000000133. The van der Waals surface area contributed by atoms with Gasteiger partial charge in [-0.05, 0) is 27.2 Å². The van der Waals surface area contributed by atoms with Gasteiger partial charge in [0.2, 0.25) is 0 Å². The van der Waals surface area contributed by atoms with Crippen LogP contribution in [0, 0.1) is 5.41 Å². The van der Waals surface area contributed by atoms with Crippen LogP contribution in [-0.2, 0) is 14.2 Å². The third kappa shape index (κ3) is 25.8. The van der Waals surface area contributed by atoms with Gasteiger partial charge in [-0.2, -0.15) is 0 Å². The summed E-state index contributed by atoms with van der Waals surface area (Å²) in [5, 5.41) is 0. The summed E-state index contributed by atoms with van der Waals surface area (Å²) in [5.41, 5.74) is 17.0. The van der Waals surface area contributed by atoms with Crippen molar-refractivity contribution in [3.05, 3.63) is 0 Å². The zero-order chi connectivity index (χ0) is 16.3. The van der Waals surface area contributed by atoms with E-state index in [-0.39, 0.29) is 68.1 Å². The summed E-state index contributed by atoms with van der Waals surface area (Å²) >= 11 is 0. The molecule has 176 valence electrons. The van der Waals surface area contributed by atoms with Crippen LogP contribution in [0.15, 0.2) is 0 Å². The molecule has 0 fully saturated rings. The van der Waals surface area contributed by atoms with Crippen LogP contribution < -0.4 is 17.2 Å². The van der Waals surface area contributed by atoms with Gasteiger partial charge >= 0.3 is 0 Å². The molecule has 3 atom stereocenters. The Labute approximate surface area is 173 Å². The first-order valence-corrected chi connectivity index (χ1v) is 7.81. The minimum absolute atomic E-state index is 0. The summed E-state index contributed by atoms with van der Waals surface area (Å²) in [6, 6.07) is 0.0681. The highest BCUT2D eigenvalue weighted by Gasteiger charge is 2.30. The Kier molecular flexibility index (Phi) is 43.4. The minimum atomic E-state index is -0.182. The Hall–Kier alpha value is -0.240. The van der Waals surface area contributed by atoms with Gasteiger partial charge in [0.1, 0.15) is 0 Å². The second kappa shape index (κ2) is 25.8. The fraction of sp³-hybridized carbons (Fsp3) is 1.00. The van der Waals surface area contributed by atoms with Gasteiger partial charge in [0.25, 0.3) is 0 Å². The number of ether oxygens (including phenoxy) is 3. The standard InChI is InChI=1S/C15H35N3O3.6CH4/c1-5-15(9-19-6-12(2)16,10-20-7-13(3)17)11-21-8-14(4)18;;;;;;/h12-14H,5-11,16-18H2,1-4H3;6*1H4. The smallest absolute Gasteiger partial charge is 0.0615 e. The molecule has 6 heteroatoms. The van der Waals surface area contributed by atoms with Crippen molar-refractivity contribution in [1.29, 1.82) is 0 Å². The number of nitrogens with two attached hydrogens (primary N) is 3. The van der Waals surface area contributed by atoms with Gasteiger partial charge in [0.15, 0.2) is 0 Å². The molecule has 0 saturated carbocycles. The van der Waals surface area contributed by atoms with Crippen molar-refractivity contribution in [2.75, 3.05) is 39.6 Å². The van der Waals surface area contributed by atoms with Crippen LogP contribution in [0.1, 0.15) is 78.7 Å². The van der Waals surface area contributed by atoms with Gasteiger partial charge in [-0.1, -0.05) is 51.5 Å². The molecule has 0 aromatic rings. The number of hydrogen-bond donors (Lipinski definition) is 3. The van der Waals surface area contributed by atoms with Crippen molar-refractivity contribution in [1.82, 2.24) is 0 Å². The van der Waals surface area contributed by atoms with Gasteiger partial charge in [0, 0.05) is 23.5 Å². The fourth-order valence-electron chi connectivity index (χ4n) is 1.82. The van der Waals surface area contributed by atoms with Crippen molar-refractivity contribution >= 4 is 0 Å². The van der Waals surface area contributed by atoms with E-state index in [4.69, 9.17) is 31.4 Å². The summed E-state index contributed by atoms with van der Waals surface area (Å²) in [5.74, 6) is 0. The fourth-order valence-corrected chi connectivity index (χ4v) is 1.82. The Morgan fingerprint density at radius 3 is 0.963 bits per heavy atom. The Bertz CT molecular complexity index is 215. The van der Waals surface area contributed by atoms with E-state index in [1.807, 2.05) is 20.8 Å². The van der Waals surface area contributed by atoms with E-state index in [1.165, 1.54) is 0 Å². The van der Waals surface area contributed by atoms with Crippen LogP contribution in [-0.4, -0.2) is 57.8 Å². The molecule has 0 rings (SSSR count). The molecule has 0 aliphatic rings. The van der Waals surface area contributed by atoms with Gasteiger partial charge < -0.3 is 31.4 Å². The Morgan fingerprint density at radius 1 is 0.593 bits per heavy atom. The highest BCUT2D eigenvalue weighted by Crippen LogP contribution is 2.24. The van der Waals surface area contributed by atoms with Gasteiger partial charge in [-0.3, -0.25) is 0 Å². The number of hydrogen-bond acceptors (Lipinski definition) is 6. The molecule has 6 N–H and O–H groups in total. The molecule has 0 aromatic heterocycles. The predicted octanol–water partition coefficient (Wildman–Crippen LogP) is 4.29. The van der Waals surface area contributed by atoms with Crippen molar-refractivity contribution < 1.29 is 14.2 Å². The lowest BCUT2D eigenvalue weighted by Gasteiger charge is -2.33. The number of rotatable bonds is 13. The van der Waals surface area contributed by atoms with E-state index in [9.17, 15) is 0 Å². The largest absolute Gasteiger partial charge is 0.379 e. The minimum Gasteiger partial charge on any atom is -0.379 e. The summed E-state index contributed by atoms with van der Waals surface area (Å²) < 4.78 is 17.2. The zero-order valence-electron chi connectivity index (χ0n) is 14.1. The normalized spacial score (nSPS) is 14.8. The molecule has 0 bridgehead atoms. The second-order valence-corrected chi connectivity index (χ2v) is 6.33. The van der Waals surface area contributed by atoms with E-state index in [2.05, 4.69) is 6.92 Å². The van der Waals surface area contributed by atoms with E-state index in [0.29, 0.717) is 39.6 Å². The average Bonchev–Trinajstić information content (AvgIpc) is 2.36. The summed E-state index contributed by atoms with van der Waals surface area (Å²) in [7, 11) is 0. The highest BCUT2D eigenvalue weighted by molar-refractivity contribution is 4.78. The highest BCUT2D eigenvalue weighted by atomic mass is 16.5. The maximum Gasteiger partial charge on any atom is 0.0615 e. The lowest BCUT2D eigenvalue weighted by atomic mass is 9.88. The molecule has 0 aromatic carbocycles. The quantitative estimate of drug-likeness (QED) is 0.425. The van der Waals surface area contributed by atoms with Crippen LogP contribution in [0.3, 0.4) is 0 Å². The predicted molar refractivity (Wildman–Crippen MR) is 127 cm³/mol. The van der Waals surface area contributed by atoms with E-state index < -0.39 is 0 Å². The van der Waals surface area contributed by atoms with Crippen molar-refractivity contribution in [2.24, 2.45) is 22.6 Å². The monoisotopic (exact) mass is 401 g/mol. The molecule has 3 unspecified atom stereocenters. The van der Waals surface area contributed by atoms with Gasteiger partial charge in [-0.15, -0.1) is 0 Å². The molecular weight excluding hydrogens is 342 g/mol. The molecule has 0 heterocycles. The first kappa shape index (κ1) is 45.5. The van der Waals surface area contributed by atoms with Gasteiger partial charge in [-0.25, -0.2) is 0 Å². The third-order valence-electron chi connectivity index (χ3n) is 3.12. The van der Waals surface area contributed by atoms with Gasteiger partial charge in [0.05, 0.1) is 39.6 Å². The average molecular weight is 402 g/mol. The maximum absolute atomic E-state index is 5.72. The van der Waals surface area contributed by atoms with Crippen LogP contribution in [0.2, 0.25) is 0 Å². The molecule has 0 radical (unpaired) electrons. The van der Waals surface area contributed by atoms with Crippen LogP contribution >= 0.6 is 0 Å². The first-order chi connectivity index (χ1) is 9.81. The lowest BCUT2D eigenvalue weighted by molar-refractivity contribution is -0.0750. The van der Waals surface area contributed by atoms with Crippen molar-refractivity contribution in [2.45, 2.75) is 96.8 Å². The van der Waals surface area contributed by atoms with Crippen molar-refractivity contribution in [3.63, 3.8) is 0 Å². The molecule has 0 saturated heterocycles. The molecule has 27 heavy (non-hydrogen) atoms.